The maximum absolute atomic E-state index is 4.85. The lowest BCUT2D eigenvalue weighted by Gasteiger charge is -2.18. The van der Waals surface area contributed by atoms with Crippen molar-refractivity contribution in [2.45, 2.75) is 65.0 Å². The van der Waals surface area contributed by atoms with Crippen LogP contribution in [0.5, 0.6) is 0 Å². The molecule has 0 saturated heterocycles. The zero-order valence-corrected chi connectivity index (χ0v) is 20.6. The van der Waals surface area contributed by atoms with E-state index in [0.717, 1.165) is 44.3 Å². The molecule has 160 valence electrons. The molecule has 1 aliphatic carbocycles. The molecule has 3 rings (SSSR count). The smallest absolute Gasteiger partial charge is 0.191 e. The predicted molar refractivity (Wildman–Crippen MR) is 132 cm³/mol. The summed E-state index contributed by atoms with van der Waals surface area (Å²) >= 11 is 1.77. The van der Waals surface area contributed by atoms with Gasteiger partial charge in [0.15, 0.2) is 5.96 Å². The Morgan fingerprint density at radius 3 is 3.00 bits per heavy atom. The second-order valence-electron chi connectivity index (χ2n) is 7.19. The molecule has 8 heteroatoms. The van der Waals surface area contributed by atoms with Gasteiger partial charge in [0, 0.05) is 30.9 Å². The fourth-order valence-electron chi connectivity index (χ4n) is 3.44. The number of halogens is 1. The average molecular weight is 529 g/mol. The summed E-state index contributed by atoms with van der Waals surface area (Å²) < 4.78 is 2.10. The minimum atomic E-state index is 0. The van der Waals surface area contributed by atoms with Crippen molar-refractivity contribution >= 4 is 41.3 Å². The highest BCUT2D eigenvalue weighted by Gasteiger charge is 2.10. The van der Waals surface area contributed by atoms with E-state index < -0.39 is 0 Å². The number of guanidine groups is 1. The Hall–Kier alpha value is -1.42. The molecule has 29 heavy (non-hydrogen) atoms. The van der Waals surface area contributed by atoms with Crippen LogP contribution in [0.25, 0.3) is 0 Å². The van der Waals surface area contributed by atoms with E-state index in [1.54, 1.807) is 23.2 Å². The van der Waals surface area contributed by atoms with Gasteiger partial charge < -0.3 is 15.2 Å². The summed E-state index contributed by atoms with van der Waals surface area (Å²) in [6.45, 7) is 6.73. The van der Waals surface area contributed by atoms with E-state index in [1.165, 1.54) is 30.6 Å². The van der Waals surface area contributed by atoms with Gasteiger partial charge >= 0.3 is 0 Å². The van der Waals surface area contributed by atoms with Gasteiger partial charge in [0.05, 0.1) is 6.04 Å². The number of allylic oxidation sites excluding steroid dienone is 1. The van der Waals surface area contributed by atoms with Crippen molar-refractivity contribution in [3.8, 4) is 0 Å². The highest BCUT2D eigenvalue weighted by Crippen LogP contribution is 2.20. The van der Waals surface area contributed by atoms with Crippen LogP contribution in [0.15, 0.2) is 40.5 Å². The molecule has 0 aliphatic heterocycles. The van der Waals surface area contributed by atoms with Crippen molar-refractivity contribution in [2.24, 2.45) is 4.99 Å². The molecule has 2 aromatic heterocycles. The van der Waals surface area contributed by atoms with Crippen LogP contribution in [0, 0.1) is 0 Å². The molecule has 1 atom stereocenters. The molecular weight excluding hydrogens is 495 g/mol. The van der Waals surface area contributed by atoms with E-state index in [0.29, 0.717) is 0 Å². The van der Waals surface area contributed by atoms with E-state index in [1.807, 2.05) is 0 Å². The maximum atomic E-state index is 4.85. The molecule has 0 bridgehead atoms. The predicted octanol–water partition coefficient (Wildman–Crippen LogP) is 4.71. The summed E-state index contributed by atoms with van der Waals surface area (Å²) in [6, 6.07) is 4.49. The van der Waals surface area contributed by atoms with Crippen LogP contribution in [0.1, 0.15) is 62.7 Å². The first kappa shape index (κ1) is 23.9. The molecule has 2 N–H and O–H groups in total. The van der Waals surface area contributed by atoms with Crippen molar-refractivity contribution in [1.82, 2.24) is 25.4 Å². The summed E-state index contributed by atoms with van der Waals surface area (Å²) in [6.07, 6.45) is 11.3. The van der Waals surface area contributed by atoms with E-state index >= 15 is 0 Å². The number of aryl methyl sites for hydroxylation is 1. The van der Waals surface area contributed by atoms with Gasteiger partial charge in [-0.3, -0.25) is 4.99 Å². The molecule has 0 amide bonds. The quantitative estimate of drug-likeness (QED) is 0.214. The lowest BCUT2D eigenvalue weighted by molar-refractivity contribution is 0.620. The molecule has 0 spiro atoms. The number of aromatic nitrogens is 3. The van der Waals surface area contributed by atoms with Crippen LogP contribution in [0.3, 0.4) is 0 Å². The number of nitrogens with one attached hydrogen (secondary N) is 2. The van der Waals surface area contributed by atoms with Crippen molar-refractivity contribution in [1.29, 1.82) is 0 Å². The van der Waals surface area contributed by atoms with Gasteiger partial charge in [-0.1, -0.05) is 24.6 Å². The van der Waals surface area contributed by atoms with E-state index in [-0.39, 0.29) is 30.0 Å². The minimum Gasteiger partial charge on any atom is -0.355 e. The van der Waals surface area contributed by atoms with Crippen LogP contribution >= 0.6 is 35.3 Å². The number of aliphatic imine (C=N–C) groups is 1. The van der Waals surface area contributed by atoms with Gasteiger partial charge in [0.2, 0.25) is 0 Å². The summed E-state index contributed by atoms with van der Waals surface area (Å²) in [5.74, 6) is 1.90. The maximum Gasteiger partial charge on any atom is 0.191 e. The first-order chi connectivity index (χ1) is 13.8. The third kappa shape index (κ3) is 7.73. The highest BCUT2D eigenvalue weighted by molar-refractivity contribution is 14.0. The molecule has 6 nitrogen and oxygen atoms in total. The van der Waals surface area contributed by atoms with Crippen molar-refractivity contribution in [3.05, 3.63) is 46.2 Å². The summed E-state index contributed by atoms with van der Waals surface area (Å²) in [7, 11) is 0. The second kappa shape index (κ2) is 13.0. The first-order valence-electron chi connectivity index (χ1n) is 10.4. The molecule has 2 aromatic rings. The SMILES string of the molecule is CCc1nncn1CCNC(=NCCC1=CCCCC1)NC(C)c1cccs1.I. The molecular formula is C21H33IN6S. The summed E-state index contributed by atoms with van der Waals surface area (Å²) in [5, 5.41) is 17.3. The van der Waals surface area contributed by atoms with Gasteiger partial charge in [0.1, 0.15) is 12.2 Å². The summed E-state index contributed by atoms with van der Waals surface area (Å²) in [5.41, 5.74) is 1.57. The number of thiophene rings is 1. The van der Waals surface area contributed by atoms with E-state index in [9.17, 15) is 0 Å². The van der Waals surface area contributed by atoms with Gasteiger partial charge in [-0.25, -0.2) is 0 Å². The molecule has 2 heterocycles. The van der Waals surface area contributed by atoms with Gasteiger partial charge in [0.25, 0.3) is 0 Å². The number of rotatable bonds is 9. The first-order valence-corrected chi connectivity index (χ1v) is 11.3. The van der Waals surface area contributed by atoms with Crippen LogP contribution < -0.4 is 10.6 Å². The number of hydrogen-bond acceptors (Lipinski definition) is 4. The average Bonchev–Trinajstić information content (AvgIpc) is 3.40. The molecule has 0 saturated carbocycles. The Kier molecular flexibility index (Phi) is 10.7. The summed E-state index contributed by atoms with van der Waals surface area (Å²) in [4.78, 5) is 6.16. The largest absolute Gasteiger partial charge is 0.355 e. The van der Waals surface area contributed by atoms with Crippen molar-refractivity contribution in [3.63, 3.8) is 0 Å². The topological polar surface area (TPSA) is 67.1 Å². The second-order valence-corrected chi connectivity index (χ2v) is 8.17. The normalized spacial score (nSPS) is 15.4. The van der Waals surface area contributed by atoms with Crippen LogP contribution in [-0.2, 0) is 13.0 Å². The minimum absolute atomic E-state index is 0. The molecule has 0 fully saturated rings. The highest BCUT2D eigenvalue weighted by atomic mass is 127. The third-order valence-electron chi connectivity index (χ3n) is 5.07. The standard InChI is InChI=1S/C21H32N6S.HI/c1-3-20-26-24-16-27(20)14-13-23-21(25-17(2)19-10-7-15-28-19)22-12-11-18-8-5-4-6-9-18;/h7-8,10,15-17H,3-6,9,11-14H2,1-2H3,(H2,22,23,25);1H. The van der Waals surface area contributed by atoms with Gasteiger partial charge in [-0.15, -0.1) is 45.5 Å². The third-order valence-corrected chi connectivity index (χ3v) is 6.12. The van der Waals surface area contributed by atoms with Crippen LogP contribution in [0.4, 0.5) is 0 Å². The zero-order valence-electron chi connectivity index (χ0n) is 17.4. The van der Waals surface area contributed by atoms with Crippen molar-refractivity contribution < 1.29 is 0 Å². The Balaban J connectivity index is 0.00000300. The molecule has 1 aliphatic rings. The zero-order chi connectivity index (χ0) is 19.6. The fourth-order valence-corrected chi connectivity index (χ4v) is 4.18. The Morgan fingerprint density at radius 2 is 2.28 bits per heavy atom. The monoisotopic (exact) mass is 528 g/mol. The number of nitrogens with zero attached hydrogens (tertiary/aromatic N) is 4. The number of hydrogen-bond donors (Lipinski definition) is 2. The van der Waals surface area contributed by atoms with Crippen LogP contribution in [0.2, 0.25) is 0 Å². The lowest BCUT2D eigenvalue weighted by Crippen LogP contribution is -2.40. The van der Waals surface area contributed by atoms with Gasteiger partial charge in [-0.05, 0) is 50.5 Å². The molecule has 0 radical (unpaired) electrons. The molecule has 0 aromatic carbocycles. The molecule has 1 unspecified atom stereocenters. The van der Waals surface area contributed by atoms with E-state index in [2.05, 4.69) is 62.8 Å². The lowest BCUT2D eigenvalue weighted by atomic mass is 9.97. The van der Waals surface area contributed by atoms with E-state index in [4.69, 9.17) is 4.99 Å². The Morgan fingerprint density at radius 1 is 1.38 bits per heavy atom. The van der Waals surface area contributed by atoms with Crippen molar-refractivity contribution in [2.75, 3.05) is 13.1 Å². The Labute approximate surface area is 195 Å². The Bertz CT molecular complexity index is 768. The van der Waals surface area contributed by atoms with Gasteiger partial charge in [-0.2, -0.15) is 0 Å². The van der Waals surface area contributed by atoms with Crippen LogP contribution in [-0.4, -0.2) is 33.8 Å². The fraction of sp³-hybridized carbons (Fsp3) is 0.571.